The molecule has 2 amide bonds. The molecule has 0 atom stereocenters. The number of carboxylic acid groups (broad SMARTS) is 1. The lowest BCUT2D eigenvalue weighted by Gasteiger charge is -2.36. The first-order chi connectivity index (χ1) is 15.4. The average molecular weight is 482 g/mol. The minimum Gasteiger partial charge on any atom is -0.481 e. The second kappa shape index (κ2) is 12.2. The van der Waals surface area contributed by atoms with E-state index in [0.29, 0.717) is 24.2 Å². The highest BCUT2D eigenvalue weighted by molar-refractivity contribution is 8.01. The molecule has 1 aromatic heterocycles. The van der Waals surface area contributed by atoms with Crippen LogP contribution >= 0.6 is 23.1 Å². The molecule has 0 unspecified atom stereocenters. The number of nitrogens with zero attached hydrogens (tertiary/aromatic N) is 2. The van der Waals surface area contributed by atoms with Crippen molar-refractivity contribution in [2.24, 2.45) is 5.92 Å². The first-order valence-corrected chi connectivity index (χ1v) is 12.4. The Kier molecular flexibility index (Phi) is 9.31. The number of ether oxygens (including phenoxy) is 1. The maximum atomic E-state index is 13.3. The SMILES string of the molecule is C[C@H]1CC[C@H](N(CCOCc2cccc(F)c2)C(=O)Nc2ncc(SCC(=O)O)s2)CC1. The number of hydrogen-bond donors (Lipinski definition) is 2. The number of carbonyl (C=O) groups excluding carboxylic acids is 1. The van der Waals surface area contributed by atoms with Crippen LogP contribution in [0.2, 0.25) is 0 Å². The van der Waals surface area contributed by atoms with Crippen molar-refractivity contribution in [3.8, 4) is 0 Å². The van der Waals surface area contributed by atoms with Gasteiger partial charge in [-0.3, -0.25) is 10.1 Å². The van der Waals surface area contributed by atoms with Crippen molar-refractivity contribution in [1.82, 2.24) is 9.88 Å². The van der Waals surface area contributed by atoms with Gasteiger partial charge in [0.05, 0.1) is 29.4 Å². The molecule has 2 N–H and O–H groups in total. The molecule has 1 aliphatic rings. The molecule has 0 saturated heterocycles. The Morgan fingerprint density at radius 2 is 2.12 bits per heavy atom. The van der Waals surface area contributed by atoms with Gasteiger partial charge in [-0.05, 0) is 49.3 Å². The Morgan fingerprint density at radius 1 is 1.34 bits per heavy atom. The van der Waals surface area contributed by atoms with E-state index in [0.717, 1.165) is 35.5 Å². The molecular weight excluding hydrogens is 453 g/mol. The Balaban J connectivity index is 1.56. The first-order valence-electron chi connectivity index (χ1n) is 10.6. The number of carboxylic acids is 1. The van der Waals surface area contributed by atoms with Gasteiger partial charge in [0.1, 0.15) is 5.82 Å². The number of rotatable bonds is 10. The van der Waals surface area contributed by atoms with Crippen LogP contribution in [0.3, 0.4) is 0 Å². The number of anilines is 1. The van der Waals surface area contributed by atoms with Crippen molar-refractivity contribution in [3.05, 3.63) is 41.8 Å². The zero-order chi connectivity index (χ0) is 22.9. The van der Waals surface area contributed by atoms with Gasteiger partial charge in [0, 0.05) is 12.6 Å². The molecule has 2 aromatic rings. The summed E-state index contributed by atoms with van der Waals surface area (Å²) in [5.41, 5.74) is 0.752. The molecule has 0 bridgehead atoms. The van der Waals surface area contributed by atoms with E-state index < -0.39 is 5.97 Å². The van der Waals surface area contributed by atoms with Crippen molar-refractivity contribution in [2.75, 3.05) is 24.2 Å². The van der Waals surface area contributed by atoms with E-state index in [-0.39, 0.29) is 30.2 Å². The number of thiazole rings is 1. The highest BCUT2D eigenvalue weighted by Crippen LogP contribution is 2.30. The lowest BCUT2D eigenvalue weighted by Crippen LogP contribution is -2.46. The van der Waals surface area contributed by atoms with Gasteiger partial charge < -0.3 is 14.7 Å². The molecule has 1 aromatic carbocycles. The average Bonchev–Trinajstić information content (AvgIpc) is 3.20. The van der Waals surface area contributed by atoms with Gasteiger partial charge in [-0.2, -0.15) is 0 Å². The Morgan fingerprint density at radius 3 is 2.84 bits per heavy atom. The predicted molar refractivity (Wildman–Crippen MR) is 124 cm³/mol. The quantitative estimate of drug-likeness (QED) is 0.363. The number of aliphatic carboxylic acids is 1. The number of hydrogen-bond acceptors (Lipinski definition) is 6. The fourth-order valence-electron chi connectivity index (χ4n) is 3.66. The van der Waals surface area contributed by atoms with Crippen molar-refractivity contribution < 1.29 is 23.8 Å². The standard InChI is InChI=1S/C22H28FN3O4S2/c1-15-5-7-18(8-6-15)26(9-10-30-13-16-3-2-4-17(23)11-16)22(29)25-21-24-12-20(32-21)31-14-19(27)28/h2-4,11-12,15,18H,5-10,13-14H2,1H3,(H,27,28)(H,24,25,29)/t15-,18-. The molecule has 10 heteroatoms. The summed E-state index contributed by atoms with van der Waals surface area (Å²) in [6.45, 7) is 3.28. The van der Waals surface area contributed by atoms with E-state index in [1.807, 2.05) is 4.90 Å². The number of amides is 2. The second-order valence-electron chi connectivity index (χ2n) is 7.89. The topological polar surface area (TPSA) is 91.8 Å². The highest BCUT2D eigenvalue weighted by Gasteiger charge is 2.28. The predicted octanol–water partition coefficient (Wildman–Crippen LogP) is 5.09. The lowest BCUT2D eigenvalue weighted by molar-refractivity contribution is -0.133. The van der Waals surface area contributed by atoms with Crippen LogP contribution in [0.5, 0.6) is 0 Å². The van der Waals surface area contributed by atoms with Crippen LogP contribution in [0, 0.1) is 11.7 Å². The summed E-state index contributed by atoms with van der Waals surface area (Å²) in [7, 11) is 0. The molecule has 3 rings (SSSR count). The summed E-state index contributed by atoms with van der Waals surface area (Å²) in [4.78, 5) is 29.8. The summed E-state index contributed by atoms with van der Waals surface area (Å²) < 4.78 is 19.8. The number of thioether (sulfide) groups is 1. The van der Waals surface area contributed by atoms with Crippen LogP contribution in [0.15, 0.2) is 34.7 Å². The third-order valence-electron chi connectivity index (χ3n) is 5.36. The van der Waals surface area contributed by atoms with Crippen molar-refractivity contribution >= 4 is 40.2 Å². The van der Waals surface area contributed by atoms with Gasteiger partial charge in [0.25, 0.3) is 0 Å². The smallest absolute Gasteiger partial charge is 0.323 e. The molecule has 0 radical (unpaired) electrons. The number of halogens is 1. The Labute approximate surface area is 195 Å². The van der Waals surface area contributed by atoms with Gasteiger partial charge in [0.2, 0.25) is 0 Å². The number of urea groups is 1. The number of aromatic nitrogens is 1. The zero-order valence-corrected chi connectivity index (χ0v) is 19.6. The molecule has 174 valence electrons. The van der Waals surface area contributed by atoms with Crippen LogP contribution in [0.25, 0.3) is 0 Å². The summed E-state index contributed by atoms with van der Waals surface area (Å²) >= 11 is 2.43. The van der Waals surface area contributed by atoms with Crippen molar-refractivity contribution in [2.45, 2.75) is 49.5 Å². The summed E-state index contributed by atoms with van der Waals surface area (Å²) in [6.07, 6.45) is 5.60. The third-order valence-corrected chi connectivity index (χ3v) is 7.45. The molecule has 1 aliphatic carbocycles. The monoisotopic (exact) mass is 481 g/mol. The first kappa shape index (κ1) is 24.5. The van der Waals surface area contributed by atoms with Crippen molar-refractivity contribution in [3.63, 3.8) is 0 Å². The van der Waals surface area contributed by atoms with Crippen LogP contribution in [0.4, 0.5) is 14.3 Å². The minimum atomic E-state index is -0.898. The fourth-order valence-corrected chi connectivity index (χ4v) is 5.25. The van der Waals surface area contributed by atoms with E-state index in [1.54, 1.807) is 18.3 Å². The van der Waals surface area contributed by atoms with Gasteiger partial charge in [-0.1, -0.05) is 30.4 Å². The van der Waals surface area contributed by atoms with Gasteiger partial charge in [0.15, 0.2) is 5.13 Å². The summed E-state index contributed by atoms with van der Waals surface area (Å²) in [5.74, 6) is -0.587. The Hall–Kier alpha value is -2.17. The second-order valence-corrected chi connectivity index (χ2v) is 10.2. The van der Waals surface area contributed by atoms with Gasteiger partial charge >= 0.3 is 12.0 Å². The molecule has 1 heterocycles. The molecule has 1 fully saturated rings. The molecule has 0 aliphatic heterocycles. The lowest BCUT2D eigenvalue weighted by atomic mass is 9.86. The van der Waals surface area contributed by atoms with Gasteiger partial charge in [-0.15, -0.1) is 11.8 Å². The van der Waals surface area contributed by atoms with E-state index in [9.17, 15) is 14.0 Å². The van der Waals surface area contributed by atoms with Crippen LogP contribution in [0.1, 0.15) is 38.2 Å². The Bertz CT molecular complexity index is 903. The van der Waals surface area contributed by atoms with Crippen molar-refractivity contribution in [1.29, 1.82) is 0 Å². The summed E-state index contributed by atoms with van der Waals surface area (Å²) in [5, 5.41) is 12.1. The van der Waals surface area contributed by atoms with E-state index >= 15 is 0 Å². The molecule has 0 spiro atoms. The zero-order valence-electron chi connectivity index (χ0n) is 18.0. The molecule has 1 saturated carbocycles. The maximum absolute atomic E-state index is 13.3. The number of carbonyl (C=O) groups is 2. The van der Waals surface area contributed by atoms with Gasteiger partial charge in [-0.25, -0.2) is 14.2 Å². The molecule has 7 nitrogen and oxygen atoms in total. The molecular formula is C22H28FN3O4S2. The van der Waals surface area contributed by atoms with E-state index in [2.05, 4.69) is 17.2 Å². The van der Waals surface area contributed by atoms with E-state index in [4.69, 9.17) is 9.84 Å². The number of nitrogens with one attached hydrogen (secondary N) is 1. The number of benzene rings is 1. The normalized spacial score (nSPS) is 18.3. The van der Waals surface area contributed by atoms with Crippen LogP contribution in [-0.4, -0.2) is 51.9 Å². The largest absolute Gasteiger partial charge is 0.481 e. The highest BCUT2D eigenvalue weighted by atomic mass is 32.2. The maximum Gasteiger partial charge on any atom is 0.323 e. The minimum absolute atomic E-state index is 0.0510. The third kappa shape index (κ3) is 7.75. The fraction of sp³-hybridized carbons (Fsp3) is 0.500. The van der Waals surface area contributed by atoms with Crippen LogP contribution < -0.4 is 5.32 Å². The van der Waals surface area contributed by atoms with Crippen LogP contribution in [-0.2, 0) is 16.1 Å². The van der Waals surface area contributed by atoms with E-state index in [1.165, 1.54) is 35.2 Å². The summed E-state index contributed by atoms with van der Waals surface area (Å²) in [6, 6.07) is 6.18. The molecule has 32 heavy (non-hydrogen) atoms.